The second kappa shape index (κ2) is 8.00. The van der Waals surface area contributed by atoms with Gasteiger partial charge in [0.15, 0.2) is 12.4 Å². The van der Waals surface area contributed by atoms with Crippen molar-refractivity contribution in [1.82, 2.24) is 9.97 Å². The van der Waals surface area contributed by atoms with Crippen LogP contribution in [0.15, 0.2) is 27.3 Å². The number of furan rings is 1. The third kappa shape index (κ3) is 4.14. The van der Waals surface area contributed by atoms with Crippen LogP contribution in [0.2, 0.25) is 0 Å². The molecule has 3 heterocycles. The van der Waals surface area contributed by atoms with E-state index in [1.54, 1.807) is 19.9 Å². The zero-order valence-corrected chi connectivity index (χ0v) is 15.5. The quantitative estimate of drug-likeness (QED) is 0.506. The van der Waals surface area contributed by atoms with Gasteiger partial charge in [-0.3, -0.25) is 0 Å². The fraction of sp³-hybridized carbons (Fsp3) is 0.222. The Labute approximate surface area is 158 Å². The highest BCUT2D eigenvalue weighted by molar-refractivity contribution is 7.08. The van der Waals surface area contributed by atoms with Crippen molar-refractivity contribution in [3.05, 3.63) is 45.6 Å². The van der Waals surface area contributed by atoms with Crippen LogP contribution in [0.1, 0.15) is 34.4 Å². The Balaban J connectivity index is 1.76. The lowest BCUT2D eigenvalue weighted by atomic mass is 10.2. The minimum atomic E-state index is -0.554. The molecule has 0 aliphatic heterocycles. The highest BCUT2D eigenvalue weighted by atomic mass is 32.1. The minimum absolute atomic E-state index is 0.0553. The second-order valence-electron chi connectivity index (χ2n) is 5.46. The molecule has 0 unspecified atom stereocenters. The molecule has 0 aliphatic carbocycles. The number of aromatic nitrogens is 2. The molecule has 3 aromatic heterocycles. The van der Waals surface area contributed by atoms with Crippen molar-refractivity contribution in [2.75, 3.05) is 12.3 Å². The number of nitrogens with two attached hydrogens (primary N) is 1. The van der Waals surface area contributed by atoms with E-state index in [9.17, 15) is 9.59 Å². The number of hydrogen-bond acceptors (Lipinski definition) is 9. The monoisotopic (exact) mass is 387 g/mol. The van der Waals surface area contributed by atoms with Gasteiger partial charge in [0.1, 0.15) is 17.1 Å². The van der Waals surface area contributed by atoms with E-state index >= 15 is 0 Å². The van der Waals surface area contributed by atoms with Crippen LogP contribution in [0.3, 0.4) is 0 Å². The van der Waals surface area contributed by atoms with E-state index in [0.29, 0.717) is 11.1 Å². The predicted molar refractivity (Wildman–Crippen MR) is 100 cm³/mol. The highest BCUT2D eigenvalue weighted by Crippen LogP contribution is 2.29. The standard InChI is InChI=1S/C18H17N3O5S/c1-3-24-18(23)14-10(2)26-17-15(14)16(19)20-12(21-17)8-25-13(22)5-4-11-6-7-27-9-11/h4-7,9H,3,8H2,1-2H3,(H2,19,20,21)/b5-4+. The Hall–Kier alpha value is -3.20. The Morgan fingerprint density at radius 1 is 1.33 bits per heavy atom. The molecule has 0 bridgehead atoms. The molecule has 0 saturated carbocycles. The van der Waals surface area contributed by atoms with Crippen LogP contribution in [0.5, 0.6) is 0 Å². The molecular weight excluding hydrogens is 370 g/mol. The summed E-state index contributed by atoms with van der Waals surface area (Å²) in [7, 11) is 0. The van der Waals surface area contributed by atoms with E-state index < -0.39 is 11.9 Å². The lowest BCUT2D eigenvalue weighted by Gasteiger charge is -2.04. The van der Waals surface area contributed by atoms with Crippen LogP contribution in [0.25, 0.3) is 17.2 Å². The zero-order valence-electron chi connectivity index (χ0n) is 14.7. The molecular formula is C18H17N3O5S. The van der Waals surface area contributed by atoms with Gasteiger partial charge in [0.2, 0.25) is 5.71 Å². The first-order chi connectivity index (χ1) is 13.0. The summed E-state index contributed by atoms with van der Waals surface area (Å²) in [6.07, 6.45) is 2.97. The molecule has 0 radical (unpaired) electrons. The number of thiophene rings is 1. The lowest BCUT2D eigenvalue weighted by Crippen LogP contribution is -2.09. The van der Waals surface area contributed by atoms with Crippen LogP contribution < -0.4 is 5.73 Å². The van der Waals surface area contributed by atoms with Gasteiger partial charge in [-0.25, -0.2) is 14.6 Å². The number of ether oxygens (including phenoxy) is 2. The summed E-state index contributed by atoms with van der Waals surface area (Å²) in [5.74, 6) is -0.536. The SMILES string of the molecule is CCOC(=O)c1c(C)oc2nc(COC(=O)/C=C/c3ccsc3)nc(N)c12. The van der Waals surface area contributed by atoms with Gasteiger partial charge < -0.3 is 19.6 Å². The van der Waals surface area contributed by atoms with Gasteiger partial charge in [-0.2, -0.15) is 16.3 Å². The predicted octanol–water partition coefficient (Wildman–Crippen LogP) is 3.11. The zero-order chi connectivity index (χ0) is 19.4. The van der Waals surface area contributed by atoms with Gasteiger partial charge in [0.05, 0.1) is 12.0 Å². The van der Waals surface area contributed by atoms with Gasteiger partial charge in [-0.15, -0.1) is 0 Å². The second-order valence-corrected chi connectivity index (χ2v) is 6.24. The number of aryl methyl sites for hydroxylation is 1. The maximum absolute atomic E-state index is 12.1. The maximum atomic E-state index is 12.1. The molecule has 9 heteroatoms. The largest absolute Gasteiger partial charge is 0.462 e. The Bertz CT molecular complexity index is 1010. The molecule has 0 aromatic carbocycles. The Morgan fingerprint density at radius 3 is 2.85 bits per heavy atom. The van der Waals surface area contributed by atoms with Crippen molar-refractivity contribution in [2.24, 2.45) is 0 Å². The summed E-state index contributed by atoms with van der Waals surface area (Å²) in [5.41, 5.74) is 7.22. The summed E-state index contributed by atoms with van der Waals surface area (Å²) in [6.45, 7) is 3.36. The van der Waals surface area contributed by atoms with Crippen LogP contribution >= 0.6 is 11.3 Å². The van der Waals surface area contributed by atoms with Crippen LogP contribution in [0, 0.1) is 6.92 Å². The topological polar surface area (TPSA) is 118 Å². The summed E-state index contributed by atoms with van der Waals surface area (Å²) in [5, 5.41) is 4.10. The molecule has 0 atom stereocenters. The minimum Gasteiger partial charge on any atom is -0.462 e. The molecule has 3 aromatic rings. The molecule has 8 nitrogen and oxygen atoms in total. The third-order valence-corrected chi connectivity index (χ3v) is 4.28. The van der Waals surface area contributed by atoms with Gasteiger partial charge in [-0.1, -0.05) is 0 Å². The smallest absolute Gasteiger partial charge is 0.342 e. The molecule has 0 spiro atoms. The number of carbonyl (C=O) groups excluding carboxylic acids is 2. The summed E-state index contributed by atoms with van der Waals surface area (Å²) < 4.78 is 15.6. The normalized spacial score (nSPS) is 11.2. The number of fused-ring (bicyclic) bond motifs is 1. The Morgan fingerprint density at radius 2 is 2.15 bits per heavy atom. The number of esters is 2. The first-order valence-electron chi connectivity index (χ1n) is 8.09. The molecule has 27 heavy (non-hydrogen) atoms. The fourth-order valence-corrected chi connectivity index (χ4v) is 3.04. The van der Waals surface area contributed by atoms with Crippen molar-refractivity contribution in [3.63, 3.8) is 0 Å². The van der Waals surface area contributed by atoms with Crippen LogP contribution in [0.4, 0.5) is 5.82 Å². The van der Waals surface area contributed by atoms with Crippen molar-refractivity contribution in [2.45, 2.75) is 20.5 Å². The average Bonchev–Trinajstić information content (AvgIpc) is 3.25. The number of nitrogens with zero attached hydrogens (tertiary/aromatic N) is 2. The highest BCUT2D eigenvalue weighted by Gasteiger charge is 2.24. The number of anilines is 1. The number of rotatable bonds is 6. The van der Waals surface area contributed by atoms with Gasteiger partial charge in [0, 0.05) is 6.08 Å². The first-order valence-corrected chi connectivity index (χ1v) is 9.03. The average molecular weight is 387 g/mol. The van der Waals surface area contributed by atoms with E-state index in [4.69, 9.17) is 19.6 Å². The molecule has 0 aliphatic rings. The molecule has 2 N–H and O–H groups in total. The van der Waals surface area contributed by atoms with Crippen molar-refractivity contribution in [3.8, 4) is 0 Å². The van der Waals surface area contributed by atoms with Gasteiger partial charge in [0.25, 0.3) is 0 Å². The van der Waals surface area contributed by atoms with E-state index in [-0.39, 0.29) is 36.1 Å². The maximum Gasteiger partial charge on any atom is 0.342 e. The Kier molecular flexibility index (Phi) is 5.51. The van der Waals surface area contributed by atoms with E-state index in [0.717, 1.165) is 5.56 Å². The molecule has 3 rings (SSSR count). The molecule has 0 saturated heterocycles. The summed E-state index contributed by atoms with van der Waals surface area (Å²) >= 11 is 1.53. The van der Waals surface area contributed by atoms with Gasteiger partial charge >= 0.3 is 11.9 Å². The van der Waals surface area contributed by atoms with E-state index in [1.807, 2.05) is 16.8 Å². The number of hydrogen-bond donors (Lipinski definition) is 1. The summed E-state index contributed by atoms with van der Waals surface area (Å²) in [4.78, 5) is 32.2. The van der Waals surface area contributed by atoms with Crippen LogP contribution in [-0.2, 0) is 20.9 Å². The van der Waals surface area contributed by atoms with Crippen molar-refractivity contribution in [1.29, 1.82) is 0 Å². The summed E-state index contributed by atoms with van der Waals surface area (Å²) in [6, 6.07) is 1.88. The van der Waals surface area contributed by atoms with E-state index in [2.05, 4.69) is 9.97 Å². The van der Waals surface area contributed by atoms with Gasteiger partial charge in [-0.05, 0) is 42.3 Å². The number of nitrogen functional groups attached to an aromatic ring is 1. The first kappa shape index (κ1) is 18.6. The molecule has 0 fully saturated rings. The third-order valence-electron chi connectivity index (χ3n) is 3.58. The molecule has 140 valence electrons. The molecule has 0 amide bonds. The van der Waals surface area contributed by atoms with Crippen molar-refractivity contribution >= 4 is 46.3 Å². The van der Waals surface area contributed by atoms with Crippen molar-refractivity contribution < 1.29 is 23.5 Å². The lowest BCUT2D eigenvalue weighted by molar-refractivity contribution is -0.139. The number of carbonyl (C=O) groups is 2. The van der Waals surface area contributed by atoms with Crippen LogP contribution in [-0.4, -0.2) is 28.5 Å². The van der Waals surface area contributed by atoms with E-state index in [1.165, 1.54) is 17.4 Å². The fourth-order valence-electron chi connectivity index (χ4n) is 2.42.